The van der Waals surface area contributed by atoms with Gasteiger partial charge in [-0.3, -0.25) is 0 Å². The topological polar surface area (TPSA) is 17.0 Å². The Bertz CT molecular complexity index is 2570. The molecule has 2 nitrogen and oxygen atoms in total. The molecule has 7 aromatic carbocycles. The Morgan fingerprint density at radius 2 is 1.36 bits per heavy atom. The Kier molecular flexibility index (Phi) is 4.83. The van der Waals surface area contributed by atoms with E-state index in [1.165, 1.54) is 87.8 Å². The van der Waals surface area contributed by atoms with Crippen molar-refractivity contribution < 1.29 is 0 Å². The smallest absolute Gasteiger partial charge is 0.197 e. The van der Waals surface area contributed by atoms with Crippen LogP contribution >= 0.6 is 0 Å². The molecule has 0 spiro atoms. The highest BCUT2D eigenvalue weighted by atomic mass is 15.0. The third-order valence-corrected chi connectivity index (χ3v) is 10.4. The van der Waals surface area contributed by atoms with Crippen LogP contribution in [0, 0.1) is 6.92 Å². The fourth-order valence-electron chi connectivity index (χ4n) is 8.33. The predicted molar refractivity (Wildman–Crippen MR) is 193 cm³/mol. The van der Waals surface area contributed by atoms with Crippen molar-refractivity contribution in [3.05, 3.63) is 138 Å². The first-order valence-corrected chi connectivity index (χ1v) is 15.9. The lowest BCUT2D eigenvalue weighted by molar-refractivity contribution is 0.632. The predicted octanol–water partition coefficient (Wildman–Crippen LogP) is 9.42. The summed E-state index contributed by atoms with van der Waals surface area (Å²) in [5.74, 6) is 0. The van der Waals surface area contributed by atoms with Gasteiger partial charge in [-0.15, -0.1) is 0 Å². The summed E-state index contributed by atoms with van der Waals surface area (Å²) in [5, 5.41) is 11.7. The Hall–Kier alpha value is -5.28. The van der Waals surface area contributed by atoms with Crippen LogP contribution in [0.4, 0.5) is 11.4 Å². The quantitative estimate of drug-likeness (QED) is 0.208. The summed E-state index contributed by atoms with van der Waals surface area (Å²) in [6.45, 7) is 6.94. The molecule has 0 saturated heterocycles. The third-order valence-electron chi connectivity index (χ3n) is 10.4. The number of hydrogen-bond donors (Lipinski definition) is 1. The third kappa shape index (κ3) is 3.20. The number of nitrogens with zero attached hydrogens (tertiary/aromatic N) is 1. The monoisotopic (exact) mass is 573 g/mol. The first-order chi connectivity index (χ1) is 22.0. The van der Waals surface area contributed by atoms with Crippen LogP contribution in [-0.2, 0) is 5.41 Å². The molecule has 0 unspecified atom stereocenters. The van der Waals surface area contributed by atoms with Gasteiger partial charge in [-0.2, -0.15) is 0 Å². The maximum atomic E-state index is 3.77. The zero-order chi connectivity index (χ0) is 30.0. The fraction of sp³-hybridized carbons (Fsp3) is 0.0952. The maximum absolute atomic E-state index is 3.77. The van der Waals surface area contributed by atoms with E-state index >= 15 is 0 Å². The molecule has 10 rings (SSSR count). The molecule has 1 N–H and O–H groups in total. The van der Waals surface area contributed by atoms with Crippen molar-refractivity contribution in [1.29, 1.82) is 0 Å². The fourth-order valence-corrected chi connectivity index (χ4v) is 8.33. The number of nitrogens with one attached hydrogen (secondary N) is 1. The number of para-hydroxylation sites is 2. The molecular weight excluding hydrogens is 543 g/mol. The second kappa shape index (κ2) is 8.67. The Morgan fingerprint density at radius 1 is 0.644 bits per heavy atom. The lowest BCUT2D eigenvalue weighted by atomic mass is 9.57. The van der Waals surface area contributed by atoms with Crippen LogP contribution in [0.1, 0.15) is 30.5 Å². The highest BCUT2D eigenvalue weighted by Crippen LogP contribution is 2.52. The first kappa shape index (κ1) is 25.1. The van der Waals surface area contributed by atoms with Crippen molar-refractivity contribution in [3.63, 3.8) is 0 Å². The van der Waals surface area contributed by atoms with Crippen LogP contribution in [0.5, 0.6) is 0 Å². The number of anilines is 2. The lowest BCUT2D eigenvalue weighted by Gasteiger charge is -2.38. The van der Waals surface area contributed by atoms with E-state index in [4.69, 9.17) is 0 Å². The van der Waals surface area contributed by atoms with Crippen molar-refractivity contribution in [2.75, 3.05) is 5.32 Å². The lowest BCUT2D eigenvalue weighted by Crippen LogP contribution is -2.41. The van der Waals surface area contributed by atoms with Gasteiger partial charge in [-0.25, -0.2) is 0 Å². The van der Waals surface area contributed by atoms with Crippen molar-refractivity contribution in [1.82, 2.24) is 4.57 Å². The summed E-state index contributed by atoms with van der Waals surface area (Å²) in [7, 11) is 2.47. The summed E-state index contributed by atoms with van der Waals surface area (Å²) >= 11 is 0. The molecule has 0 bridgehead atoms. The SMILES string of the molecule is Cc1ccc(Nc2ccccc2-c2c3c4c(c5ccccc25)c2c5ccccc5cc5c2n4-c2c(cccc2C5(C)C)[B]3)cc1. The van der Waals surface area contributed by atoms with Gasteiger partial charge in [-0.1, -0.05) is 122 Å². The van der Waals surface area contributed by atoms with Gasteiger partial charge in [0, 0.05) is 44.3 Å². The van der Waals surface area contributed by atoms with E-state index in [1.54, 1.807) is 0 Å². The maximum Gasteiger partial charge on any atom is 0.197 e. The van der Waals surface area contributed by atoms with Gasteiger partial charge in [-0.05, 0) is 74.9 Å². The minimum absolute atomic E-state index is 0.132. The van der Waals surface area contributed by atoms with E-state index < -0.39 is 0 Å². The van der Waals surface area contributed by atoms with E-state index in [0.717, 1.165) is 11.4 Å². The molecule has 2 aliphatic rings. The summed E-state index contributed by atoms with van der Waals surface area (Å²) in [6.07, 6.45) is 0. The van der Waals surface area contributed by atoms with Crippen molar-refractivity contribution in [3.8, 4) is 16.8 Å². The van der Waals surface area contributed by atoms with Gasteiger partial charge in [0.15, 0.2) is 7.28 Å². The van der Waals surface area contributed by atoms with Crippen LogP contribution < -0.4 is 16.2 Å². The van der Waals surface area contributed by atoms with Crippen molar-refractivity contribution in [2.45, 2.75) is 26.2 Å². The molecule has 0 atom stereocenters. The van der Waals surface area contributed by atoms with Gasteiger partial charge < -0.3 is 9.88 Å². The molecule has 2 aliphatic heterocycles. The molecule has 3 heteroatoms. The standard InChI is InChI=1S/C42H30BN2/c1-24-19-21-26(22-20-24)44-34-18-9-8-15-30(34)35-28-13-6-7-14-29(28)37-36-27-12-5-4-11-25(27)23-32-40(36)45-39-31(42(32,2)3)16-10-17-33(39)43-38(35)41(37)45/h4-23,44H,1-3H3. The van der Waals surface area contributed by atoms with Crippen LogP contribution in [0.2, 0.25) is 0 Å². The van der Waals surface area contributed by atoms with E-state index in [2.05, 4.69) is 159 Å². The van der Waals surface area contributed by atoms with Gasteiger partial charge in [0.05, 0.1) is 5.52 Å². The normalized spacial score (nSPS) is 14.0. The summed E-state index contributed by atoms with van der Waals surface area (Å²) in [5.41, 5.74) is 15.2. The number of aromatic nitrogens is 1. The Balaban J connectivity index is 1.43. The number of fused-ring (bicyclic) bond motifs is 5. The van der Waals surface area contributed by atoms with Gasteiger partial charge in [0.2, 0.25) is 0 Å². The minimum atomic E-state index is -0.132. The summed E-state index contributed by atoms with van der Waals surface area (Å²) < 4.78 is 2.63. The molecule has 1 radical (unpaired) electrons. The number of aryl methyl sites for hydroxylation is 1. The van der Waals surface area contributed by atoms with Crippen LogP contribution in [-0.4, -0.2) is 11.8 Å². The largest absolute Gasteiger partial charge is 0.355 e. The Labute approximate surface area is 263 Å². The minimum Gasteiger partial charge on any atom is -0.355 e. The molecule has 211 valence electrons. The van der Waals surface area contributed by atoms with E-state index in [9.17, 15) is 0 Å². The van der Waals surface area contributed by atoms with E-state index in [1.807, 2.05) is 0 Å². The number of rotatable bonds is 3. The Morgan fingerprint density at radius 3 is 2.20 bits per heavy atom. The molecule has 3 heterocycles. The van der Waals surface area contributed by atoms with Gasteiger partial charge in [0.25, 0.3) is 0 Å². The van der Waals surface area contributed by atoms with Crippen LogP contribution in [0.3, 0.4) is 0 Å². The van der Waals surface area contributed by atoms with Crippen molar-refractivity contribution in [2.24, 2.45) is 0 Å². The molecule has 8 aromatic rings. The molecule has 0 fully saturated rings. The molecular formula is C42H30BN2. The second-order valence-corrected chi connectivity index (χ2v) is 13.3. The average Bonchev–Trinajstić information content (AvgIpc) is 3.43. The first-order valence-electron chi connectivity index (χ1n) is 15.9. The molecule has 45 heavy (non-hydrogen) atoms. The second-order valence-electron chi connectivity index (χ2n) is 13.3. The zero-order valence-electron chi connectivity index (χ0n) is 25.6. The number of hydrogen-bond acceptors (Lipinski definition) is 1. The molecule has 1 aromatic heterocycles. The highest BCUT2D eigenvalue weighted by Gasteiger charge is 2.40. The molecule has 0 saturated carbocycles. The molecule has 0 amide bonds. The highest BCUT2D eigenvalue weighted by molar-refractivity contribution is 6.74. The zero-order valence-corrected chi connectivity index (χ0v) is 25.6. The summed E-state index contributed by atoms with van der Waals surface area (Å²) in [6, 6.07) is 44.8. The van der Waals surface area contributed by atoms with Crippen molar-refractivity contribution >= 4 is 72.9 Å². The van der Waals surface area contributed by atoms with Gasteiger partial charge >= 0.3 is 0 Å². The molecule has 0 aliphatic carbocycles. The van der Waals surface area contributed by atoms with Crippen LogP contribution in [0.15, 0.2) is 121 Å². The van der Waals surface area contributed by atoms with E-state index in [-0.39, 0.29) is 5.41 Å². The summed E-state index contributed by atoms with van der Waals surface area (Å²) in [4.78, 5) is 0. The number of benzene rings is 7. The van der Waals surface area contributed by atoms with E-state index in [0.29, 0.717) is 0 Å². The average molecular weight is 574 g/mol. The van der Waals surface area contributed by atoms with Gasteiger partial charge in [0.1, 0.15) is 0 Å². The van der Waals surface area contributed by atoms with Crippen LogP contribution in [0.25, 0.3) is 60.2 Å².